The maximum atomic E-state index is 12.4. The molecule has 0 spiro atoms. The van der Waals surface area contributed by atoms with E-state index in [0.717, 1.165) is 16.8 Å². The van der Waals surface area contributed by atoms with E-state index in [1.165, 1.54) is 0 Å². The van der Waals surface area contributed by atoms with Crippen LogP contribution in [0.3, 0.4) is 0 Å². The van der Waals surface area contributed by atoms with Gasteiger partial charge in [-0.25, -0.2) is 0 Å². The van der Waals surface area contributed by atoms with E-state index in [1.54, 1.807) is 48.7 Å². The number of hydrogen-bond donors (Lipinski definition) is 1. The Balaban J connectivity index is 1.79. The predicted octanol–water partition coefficient (Wildman–Crippen LogP) is 3.28. The molecule has 120 valence electrons. The summed E-state index contributed by atoms with van der Waals surface area (Å²) in [4.78, 5) is 29.3. The second kappa shape index (κ2) is 7.12. The van der Waals surface area contributed by atoms with Crippen molar-refractivity contribution in [1.29, 1.82) is 0 Å². The van der Waals surface area contributed by atoms with E-state index in [4.69, 9.17) is 23.8 Å². The zero-order valence-electron chi connectivity index (χ0n) is 12.1. The highest BCUT2D eigenvalue weighted by atomic mass is 35.5. The summed E-state index contributed by atoms with van der Waals surface area (Å²) >= 11 is 12.3. The maximum Gasteiger partial charge on any atom is 0.285 e. The Morgan fingerprint density at radius 3 is 2.71 bits per heavy atom. The van der Waals surface area contributed by atoms with Crippen molar-refractivity contribution in [3.05, 3.63) is 69.8 Å². The fourth-order valence-electron chi connectivity index (χ4n) is 1.97. The van der Waals surface area contributed by atoms with E-state index in [2.05, 4.69) is 10.4 Å². The smallest absolute Gasteiger partial charge is 0.267 e. The van der Waals surface area contributed by atoms with Crippen LogP contribution in [-0.4, -0.2) is 26.1 Å². The molecule has 0 atom stereocenters. The van der Waals surface area contributed by atoms with Gasteiger partial charge in [-0.1, -0.05) is 41.6 Å². The second-order valence-electron chi connectivity index (χ2n) is 4.69. The van der Waals surface area contributed by atoms with Crippen molar-refractivity contribution in [2.45, 2.75) is 0 Å². The molecule has 0 bridgehead atoms. The van der Waals surface area contributed by atoms with E-state index in [9.17, 15) is 9.59 Å². The van der Waals surface area contributed by atoms with Gasteiger partial charge in [0.05, 0.1) is 21.2 Å². The van der Waals surface area contributed by atoms with Crippen LogP contribution < -0.4 is 5.43 Å². The van der Waals surface area contributed by atoms with Gasteiger partial charge in [0.15, 0.2) is 4.32 Å². The predicted molar refractivity (Wildman–Crippen MR) is 98.2 cm³/mol. The number of amides is 2. The average Bonchev–Trinajstić information content (AvgIpc) is 2.83. The summed E-state index contributed by atoms with van der Waals surface area (Å²) in [6, 6.07) is 11.9. The van der Waals surface area contributed by atoms with Crippen LogP contribution in [0.15, 0.2) is 53.6 Å². The Labute approximate surface area is 152 Å². The number of nitrogens with one attached hydrogen (secondary N) is 1. The van der Waals surface area contributed by atoms with Gasteiger partial charge < -0.3 is 0 Å². The minimum atomic E-state index is -0.504. The van der Waals surface area contributed by atoms with Gasteiger partial charge in [-0.15, -0.1) is 0 Å². The van der Waals surface area contributed by atoms with Gasteiger partial charge in [0.1, 0.15) is 0 Å². The van der Waals surface area contributed by atoms with E-state index in [0.29, 0.717) is 15.6 Å². The average molecular weight is 376 g/mol. The number of hydrogen-bond acceptors (Lipinski definition) is 5. The van der Waals surface area contributed by atoms with Gasteiger partial charge in [-0.2, -0.15) is 5.01 Å². The van der Waals surface area contributed by atoms with Crippen LogP contribution in [0.4, 0.5) is 0 Å². The minimum absolute atomic E-state index is 0.239. The molecule has 1 aromatic heterocycles. The van der Waals surface area contributed by atoms with E-state index < -0.39 is 11.8 Å². The highest BCUT2D eigenvalue weighted by Gasteiger charge is 2.34. The van der Waals surface area contributed by atoms with Gasteiger partial charge in [-0.05, 0) is 42.6 Å². The largest absolute Gasteiger partial charge is 0.285 e. The molecule has 1 fully saturated rings. The highest BCUT2D eigenvalue weighted by Crippen LogP contribution is 2.31. The molecule has 8 heteroatoms. The molecule has 1 saturated heterocycles. The first kappa shape index (κ1) is 16.6. The zero-order chi connectivity index (χ0) is 17.1. The van der Waals surface area contributed by atoms with Crippen molar-refractivity contribution in [3.63, 3.8) is 0 Å². The number of benzene rings is 1. The van der Waals surface area contributed by atoms with Gasteiger partial charge in [0, 0.05) is 6.20 Å². The van der Waals surface area contributed by atoms with E-state index in [1.807, 2.05) is 6.07 Å². The van der Waals surface area contributed by atoms with Crippen molar-refractivity contribution >= 4 is 57.8 Å². The van der Waals surface area contributed by atoms with Crippen molar-refractivity contribution in [2.75, 3.05) is 0 Å². The Hall–Kier alpha value is -2.22. The third kappa shape index (κ3) is 3.48. The van der Waals surface area contributed by atoms with E-state index >= 15 is 0 Å². The number of pyridine rings is 1. The molecule has 5 nitrogen and oxygen atoms in total. The normalized spacial score (nSPS) is 15.9. The number of rotatable bonds is 3. The van der Waals surface area contributed by atoms with E-state index in [-0.39, 0.29) is 9.88 Å². The van der Waals surface area contributed by atoms with Crippen LogP contribution in [0, 0.1) is 0 Å². The summed E-state index contributed by atoms with van der Waals surface area (Å²) in [5.74, 6) is -0.910. The molecule has 0 unspecified atom stereocenters. The van der Waals surface area contributed by atoms with Gasteiger partial charge in [0.2, 0.25) is 0 Å². The van der Waals surface area contributed by atoms with Crippen LogP contribution >= 0.6 is 35.6 Å². The van der Waals surface area contributed by atoms with Gasteiger partial charge in [0.25, 0.3) is 11.8 Å². The Morgan fingerprint density at radius 1 is 1.25 bits per heavy atom. The molecule has 2 amide bonds. The lowest BCUT2D eigenvalue weighted by Gasteiger charge is -2.16. The lowest BCUT2D eigenvalue weighted by Crippen LogP contribution is -2.44. The molecule has 0 radical (unpaired) electrons. The number of thioether (sulfide) groups is 1. The lowest BCUT2D eigenvalue weighted by molar-refractivity contribution is -0.123. The molecular weight excluding hydrogens is 366 g/mol. The summed E-state index contributed by atoms with van der Waals surface area (Å²) in [5.41, 5.74) is 3.39. The molecule has 24 heavy (non-hydrogen) atoms. The molecule has 1 aromatic carbocycles. The summed E-state index contributed by atoms with van der Waals surface area (Å²) in [6.45, 7) is 0. The lowest BCUT2D eigenvalue weighted by atomic mass is 10.2. The van der Waals surface area contributed by atoms with Crippen molar-refractivity contribution in [1.82, 2.24) is 15.4 Å². The number of hydrazine groups is 1. The number of carbonyl (C=O) groups is 2. The third-order valence-corrected chi connectivity index (χ3v) is 4.72. The second-order valence-corrected chi connectivity index (χ2v) is 6.78. The fraction of sp³-hybridized carbons (Fsp3) is 0. The molecule has 0 aliphatic carbocycles. The summed E-state index contributed by atoms with van der Waals surface area (Å²) in [6.07, 6.45) is 3.26. The SMILES string of the molecule is O=C(NN1C(=O)C(=Cc2ccccn2)SC1=S)c1ccccc1Cl. The van der Waals surface area contributed by atoms with Gasteiger partial charge >= 0.3 is 0 Å². The summed E-state index contributed by atoms with van der Waals surface area (Å²) in [5, 5.41) is 1.34. The Bertz CT molecular complexity index is 855. The fourth-order valence-corrected chi connectivity index (χ4v) is 3.35. The standard InChI is InChI=1S/C16H10ClN3O2S2/c17-12-7-2-1-6-11(12)14(21)19-20-15(22)13(24-16(20)23)9-10-5-3-4-8-18-10/h1-9H,(H,19,21). The molecule has 1 aliphatic heterocycles. The molecule has 1 aliphatic rings. The topological polar surface area (TPSA) is 62.3 Å². The van der Waals surface area contributed by atoms with Crippen LogP contribution in [-0.2, 0) is 4.79 Å². The number of carbonyl (C=O) groups excluding carboxylic acids is 2. The third-order valence-electron chi connectivity index (χ3n) is 3.09. The number of aromatic nitrogens is 1. The number of thiocarbonyl (C=S) groups is 1. The van der Waals surface area contributed by atoms with Crippen molar-refractivity contribution in [3.8, 4) is 0 Å². The number of nitrogens with zero attached hydrogens (tertiary/aromatic N) is 2. The molecular formula is C16H10ClN3O2S2. The summed E-state index contributed by atoms with van der Waals surface area (Å²) in [7, 11) is 0. The first-order valence-corrected chi connectivity index (χ1v) is 8.41. The maximum absolute atomic E-state index is 12.4. The molecule has 0 saturated carbocycles. The van der Waals surface area contributed by atoms with Crippen LogP contribution in [0.5, 0.6) is 0 Å². The molecule has 3 rings (SSSR count). The Morgan fingerprint density at radius 2 is 2.00 bits per heavy atom. The zero-order valence-corrected chi connectivity index (χ0v) is 14.5. The van der Waals surface area contributed by atoms with Crippen LogP contribution in [0.2, 0.25) is 5.02 Å². The minimum Gasteiger partial charge on any atom is -0.267 e. The first-order valence-electron chi connectivity index (χ1n) is 6.81. The van der Waals surface area contributed by atoms with Crippen molar-refractivity contribution < 1.29 is 9.59 Å². The van der Waals surface area contributed by atoms with Gasteiger partial charge in [-0.3, -0.25) is 20.0 Å². The molecule has 2 heterocycles. The monoisotopic (exact) mass is 375 g/mol. The molecule has 1 N–H and O–H groups in total. The highest BCUT2D eigenvalue weighted by molar-refractivity contribution is 8.26. The van der Waals surface area contributed by atoms with Crippen LogP contribution in [0.25, 0.3) is 6.08 Å². The quantitative estimate of drug-likeness (QED) is 0.659. The van der Waals surface area contributed by atoms with Crippen molar-refractivity contribution in [2.24, 2.45) is 0 Å². The first-order chi connectivity index (χ1) is 11.6. The Kier molecular flexibility index (Phi) is 4.94. The summed E-state index contributed by atoms with van der Waals surface area (Å²) < 4.78 is 0.239. The molecule has 2 aromatic rings. The van der Waals surface area contributed by atoms with Crippen LogP contribution in [0.1, 0.15) is 16.1 Å². The number of halogens is 1.